The van der Waals surface area contributed by atoms with Crippen LogP contribution in [0.3, 0.4) is 0 Å². The maximum absolute atomic E-state index is 4.55. The molecule has 2 rings (SSSR count). The van der Waals surface area contributed by atoms with E-state index in [1.54, 1.807) is 0 Å². The monoisotopic (exact) mass is 249 g/mol. The smallest absolute Gasteiger partial charge is 0.203 e. The molecule has 1 aliphatic rings. The Morgan fingerprint density at radius 1 is 1.22 bits per heavy atom. The van der Waals surface area contributed by atoms with E-state index in [1.165, 1.54) is 32.1 Å². The zero-order chi connectivity index (χ0) is 13.0. The molecule has 1 fully saturated rings. The molecule has 3 heteroatoms. The molecular formula is C15H27N3. The minimum absolute atomic E-state index is 0.843. The summed E-state index contributed by atoms with van der Waals surface area (Å²) in [4.78, 5) is 4.55. The van der Waals surface area contributed by atoms with Crippen LogP contribution >= 0.6 is 0 Å². The van der Waals surface area contributed by atoms with Crippen molar-refractivity contribution in [3.05, 3.63) is 11.9 Å². The van der Waals surface area contributed by atoms with Gasteiger partial charge < -0.3 is 9.88 Å². The third kappa shape index (κ3) is 3.27. The summed E-state index contributed by atoms with van der Waals surface area (Å²) in [5.74, 6) is 2.88. The molecule has 1 heterocycles. The van der Waals surface area contributed by atoms with Crippen molar-refractivity contribution in [3.8, 4) is 0 Å². The van der Waals surface area contributed by atoms with Gasteiger partial charge in [0.05, 0.1) is 5.69 Å². The van der Waals surface area contributed by atoms with Gasteiger partial charge in [0, 0.05) is 19.3 Å². The first-order chi connectivity index (χ1) is 8.72. The van der Waals surface area contributed by atoms with Crippen LogP contribution in [0.1, 0.15) is 51.6 Å². The molecule has 3 nitrogen and oxygen atoms in total. The van der Waals surface area contributed by atoms with E-state index in [1.807, 2.05) is 0 Å². The van der Waals surface area contributed by atoms with Crippen LogP contribution in [0.5, 0.6) is 0 Å². The van der Waals surface area contributed by atoms with Gasteiger partial charge in [-0.25, -0.2) is 4.98 Å². The van der Waals surface area contributed by atoms with Crippen molar-refractivity contribution in [2.24, 2.45) is 11.8 Å². The largest absolute Gasteiger partial charge is 0.355 e. The lowest BCUT2D eigenvalue weighted by Gasteiger charge is -2.28. The fraction of sp³-hybridized carbons (Fsp3) is 0.800. The van der Waals surface area contributed by atoms with Crippen LogP contribution in [-0.2, 0) is 6.54 Å². The summed E-state index contributed by atoms with van der Waals surface area (Å²) in [6.45, 7) is 8.63. The van der Waals surface area contributed by atoms with Crippen LogP contribution in [0.4, 0.5) is 5.95 Å². The Morgan fingerprint density at radius 3 is 2.50 bits per heavy atom. The van der Waals surface area contributed by atoms with Crippen molar-refractivity contribution < 1.29 is 0 Å². The molecule has 1 saturated carbocycles. The second-order valence-electron chi connectivity index (χ2n) is 5.67. The minimum atomic E-state index is 0.843. The van der Waals surface area contributed by atoms with Gasteiger partial charge in [-0.2, -0.15) is 0 Å². The van der Waals surface area contributed by atoms with E-state index in [4.69, 9.17) is 0 Å². The highest BCUT2D eigenvalue weighted by Gasteiger charge is 2.20. The standard InChI is InChI=1S/C15H27N3/c1-4-13-6-8-14(9-7-13)10-16-15-17-12(3)11-18(15)5-2/h11,13-14H,4-10H2,1-3H3,(H,16,17). The van der Waals surface area contributed by atoms with Crippen LogP contribution in [0.25, 0.3) is 0 Å². The van der Waals surface area contributed by atoms with Crippen molar-refractivity contribution in [2.75, 3.05) is 11.9 Å². The van der Waals surface area contributed by atoms with E-state index in [9.17, 15) is 0 Å². The predicted molar refractivity (Wildman–Crippen MR) is 76.9 cm³/mol. The van der Waals surface area contributed by atoms with Crippen LogP contribution in [-0.4, -0.2) is 16.1 Å². The first-order valence-corrected chi connectivity index (χ1v) is 7.50. The van der Waals surface area contributed by atoms with E-state index in [2.05, 4.69) is 41.8 Å². The maximum atomic E-state index is 4.55. The molecule has 0 aliphatic heterocycles. The highest BCUT2D eigenvalue weighted by atomic mass is 15.2. The highest BCUT2D eigenvalue weighted by molar-refractivity contribution is 5.28. The van der Waals surface area contributed by atoms with Gasteiger partial charge in [0.2, 0.25) is 5.95 Å². The third-order valence-corrected chi connectivity index (χ3v) is 4.33. The molecule has 102 valence electrons. The molecule has 0 radical (unpaired) electrons. The first kappa shape index (κ1) is 13.4. The molecule has 0 saturated heterocycles. The average Bonchev–Trinajstić information content (AvgIpc) is 2.77. The number of rotatable bonds is 5. The lowest BCUT2D eigenvalue weighted by molar-refractivity contribution is 0.278. The molecule has 0 bridgehead atoms. The molecule has 1 N–H and O–H groups in total. The Bertz CT molecular complexity index is 362. The number of hydrogen-bond donors (Lipinski definition) is 1. The number of imidazole rings is 1. The van der Waals surface area contributed by atoms with Gasteiger partial charge >= 0.3 is 0 Å². The number of anilines is 1. The summed E-state index contributed by atoms with van der Waals surface area (Å²) < 4.78 is 2.20. The molecule has 0 unspecified atom stereocenters. The SMILES string of the molecule is CCC1CCC(CNc2nc(C)cn2CC)CC1. The number of nitrogens with one attached hydrogen (secondary N) is 1. The van der Waals surface area contributed by atoms with Gasteiger partial charge in [0.1, 0.15) is 0 Å². The van der Waals surface area contributed by atoms with Crippen molar-refractivity contribution in [1.29, 1.82) is 0 Å². The van der Waals surface area contributed by atoms with Crippen molar-refractivity contribution in [2.45, 2.75) is 59.4 Å². The second-order valence-corrected chi connectivity index (χ2v) is 5.67. The Hall–Kier alpha value is -0.990. The summed E-state index contributed by atoms with van der Waals surface area (Å²) in [5, 5.41) is 3.54. The summed E-state index contributed by atoms with van der Waals surface area (Å²) in [6.07, 6.45) is 9.10. The molecule has 0 amide bonds. The maximum Gasteiger partial charge on any atom is 0.203 e. The molecule has 18 heavy (non-hydrogen) atoms. The Labute approximate surface area is 111 Å². The van der Waals surface area contributed by atoms with Gasteiger partial charge in [-0.3, -0.25) is 0 Å². The Morgan fingerprint density at radius 2 is 1.89 bits per heavy atom. The number of nitrogens with zero attached hydrogens (tertiary/aromatic N) is 2. The van der Waals surface area contributed by atoms with E-state index >= 15 is 0 Å². The van der Waals surface area contributed by atoms with Gasteiger partial charge in [-0.05, 0) is 38.5 Å². The quantitative estimate of drug-likeness (QED) is 0.859. The third-order valence-electron chi connectivity index (χ3n) is 4.33. The van der Waals surface area contributed by atoms with Gasteiger partial charge in [-0.15, -0.1) is 0 Å². The zero-order valence-electron chi connectivity index (χ0n) is 12.1. The van der Waals surface area contributed by atoms with Crippen LogP contribution in [0, 0.1) is 18.8 Å². The predicted octanol–water partition coefficient (Wildman–Crippen LogP) is 3.84. The molecule has 1 aliphatic carbocycles. The first-order valence-electron chi connectivity index (χ1n) is 7.50. The lowest BCUT2D eigenvalue weighted by Crippen LogP contribution is -2.22. The number of aromatic nitrogens is 2. The lowest BCUT2D eigenvalue weighted by atomic mass is 9.81. The molecule has 0 atom stereocenters. The minimum Gasteiger partial charge on any atom is -0.355 e. The Kier molecular flexibility index (Phi) is 4.67. The van der Waals surface area contributed by atoms with Gasteiger partial charge in [0.15, 0.2) is 0 Å². The van der Waals surface area contributed by atoms with E-state index < -0.39 is 0 Å². The summed E-state index contributed by atoms with van der Waals surface area (Å²) in [6, 6.07) is 0. The summed E-state index contributed by atoms with van der Waals surface area (Å²) >= 11 is 0. The summed E-state index contributed by atoms with van der Waals surface area (Å²) in [5.41, 5.74) is 1.11. The van der Waals surface area contributed by atoms with Crippen LogP contribution in [0.15, 0.2) is 6.20 Å². The van der Waals surface area contributed by atoms with Crippen molar-refractivity contribution >= 4 is 5.95 Å². The molecular weight excluding hydrogens is 222 g/mol. The van der Waals surface area contributed by atoms with E-state index in [0.29, 0.717) is 0 Å². The van der Waals surface area contributed by atoms with Crippen molar-refractivity contribution in [1.82, 2.24) is 9.55 Å². The fourth-order valence-corrected chi connectivity index (χ4v) is 3.01. The topological polar surface area (TPSA) is 29.9 Å². The molecule has 1 aromatic heterocycles. The highest BCUT2D eigenvalue weighted by Crippen LogP contribution is 2.30. The molecule has 0 aromatic carbocycles. The van der Waals surface area contributed by atoms with Crippen molar-refractivity contribution in [3.63, 3.8) is 0 Å². The van der Waals surface area contributed by atoms with E-state index in [-0.39, 0.29) is 0 Å². The van der Waals surface area contributed by atoms with Gasteiger partial charge in [-0.1, -0.05) is 26.2 Å². The van der Waals surface area contributed by atoms with Crippen LogP contribution < -0.4 is 5.32 Å². The normalized spacial score (nSPS) is 24.2. The second kappa shape index (κ2) is 6.26. The molecule has 0 spiro atoms. The number of aryl methyl sites for hydroxylation is 2. The van der Waals surface area contributed by atoms with Crippen LogP contribution in [0.2, 0.25) is 0 Å². The fourth-order valence-electron chi connectivity index (χ4n) is 3.01. The van der Waals surface area contributed by atoms with E-state index in [0.717, 1.165) is 36.6 Å². The summed E-state index contributed by atoms with van der Waals surface area (Å²) in [7, 11) is 0. The van der Waals surface area contributed by atoms with Gasteiger partial charge in [0.25, 0.3) is 0 Å². The number of hydrogen-bond acceptors (Lipinski definition) is 2. The zero-order valence-corrected chi connectivity index (χ0v) is 12.1. The molecule has 1 aromatic rings. The Balaban J connectivity index is 1.81. The average molecular weight is 249 g/mol.